The first-order chi connectivity index (χ1) is 14.5. The number of carbonyl (C=O) groups is 2. The molecule has 6 nitrogen and oxygen atoms in total. The predicted octanol–water partition coefficient (Wildman–Crippen LogP) is 1.95. The van der Waals surface area contributed by atoms with Gasteiger partial charge in [-0.2, -0.15) is 0 Å². The molecule has 2 saturated heterocycles. The standard InChI is InChI=1S/C23H24N4O2S/c1-15-7-8-18(16(2)13-15)27-21(28)14-19(22(27)29)25-9-11-26(12-10-25)23-24-17-5-3-4-6-20(17)30-23/h3-8,13,19H,9-12,14H2,1-2H3/p+1/t19-/m0/s1. The fraction of sp³-hybridized carbons (Fsp3) is 0.348. The fourth-order valence-corrected chi connectivity index (χ4v) is 5.61. The van der Waals surface area contributed by atoms with Crippen LogP contribution in [0.15, 0.2) is 42.5 Å². The molecular weight excluding hydrogens is 396 g/mol. The van der Waals surface area contributed by atoms with Crippen LogP contribution in [0.1, 0.15) is 17.5 Å². The molecule has 3 aromatic rings. The molecule has 0 unspecified atom stereocenters. The van der Waals surface area contributed by atoms with Crippen LogP contribution in [0.2, 0.25) is 0 Å². The monoisotopic (exact) mass is 421 g/mol. The van der Waals surface area contributed by atoms with Crippen LogP contribution in [-0.4, -0.2) is 49.0 Å². The number of aryl methyl sites for hydroxylation is 2. The summed E-state index contributed by atoms with van der Waals surface area (Å²) in [6.45, 7) is 7.33. The molecule has 0 spiro atoms. The van der Waals surface area contributed by atoms with Gasteiger partial charge in [0.05, 0.1) is 48.5 Å². The number of aromatic nitrogens is 1. The molecule has 5 rings (SSSR count). The van der Waals surface area contributed by atoms with Crippen LogP contribution in [0.25, 0.3) is 10.2 Å². The van der Waals surface area contributed by atoms with E-state index in [0.717, 1.165) is 53.6 Å². The second-order valence-electron chi connectivity index (χ2n) is 8.22. The number of nitrogens with zero attached hydrogens (tertiary/aromatic N) is 3. The number of thiazole rings is 1. The number of quaternary nitrogens is 1. The average Bonchev–Trinajstić information content (AvgIpc) is 3.30. The van der Waals surface area contributed by atoms with E-state index in [2.05, 4.69) is 11.0 Å². The van der Waals surface area contributed by atoms with Crippen LogP contribution < -0.4 is 14.7 Å². The lowest BCUT2D eigenvalue weighted by molar-refractivity contribution is -0.915. The number of imide groups is 1. The van der Waals surface area contributed by atoms with Gasteiger partial charge in [-0.05, 0) is 37.6 Å². The number of piperazine rings is 1. The summed E-state index contributed by atoms with van der Waals surface area (Å²) in [5, 5.41) is 1.04. The van der Waals surface area contributed by atoms with Gasteiger partial charge in [0.25, 0.3) is 5.91 Å². The number of hydrogen-bond acceptors (Lipinski definition) is 5. The van der Waals surface area contributed by atoms with Crippen LogP contribution in [0, 0.1) is 13.8 Å². The van der Waals surface area contributed by atoms with Crippen LogP contribution in [0.5, 0.6) is 0 Å². The van der Waals surface area contributed by atoms with Crippen molar-refractivity contribution in [1.29, 1.82) is 0 Å². The van der Waals surface area contributed by atoms with E-state index in [0.29, 0.717) is 6.42 Å². The van der Waals surface area contributed by atoms with Crippen molar-refractivity contribution in [3.63, 3.8) is 0 Å². The summed E-state index contributed by atoms with van der Waals surface area (Å²) in [7, 11) is 0. The zero-order valence-corrected chi connectivity index (χ0v) is 18.0. The molecule has 2 fully saturated rings. The third-order valence-corrected chi connectivity index (χ3v) is 7.29. The molecule has 2 amide bonds. The molecular formula is C23H25N4O2S+. The van der Waals surface area contributed by atoms with E-state index in [1.165, 1.54) is 14.5 Å². The van der Waals surface area contributed by atoms with Gasteiger partial charge in [0.15, 0.2) is 11.2 Å². The van der Waals surface area contributed by atoms with Crippen molar-refractivity contribution in [3.8, 4) is 0 Å². The highest BCUT2D eigenvalue weighted by Gasteiger charge is 2.46. The second kappa shape index (κ2) is 7.49. The maximum absolute atomic E-state index is 13.2. The molecule has 30 heavy (non-hydrogen) atoms. The van der Waals surface area contributed by atoms with E-state index in [1.807, 2.05) is 50.2 Å². The Morgan fingerprint density at radius 1 is 1.07 bits per heavy atom. The first kappa shape index (κ1) is 19.2. The Kier molecular flexibility index (Phi) is 4.79. The molecule has 1 N–H and O–H groups in total. The van der Waals surface area contributed by atoms with Gasteiger partial charge in [0.1, 0.15) is 0 Å². The Hall–Kier alpha value is -2.77. The molecule has 2 aliphatic heterocycles. The fourth-order valence-electron chi connectivity index (χ4n) is 4.59. The molecule has 0 bridgehead atoms. The number of fused-ring (bicyclic) bond motifs is 1. The Labute approximate surface area is 179 Å². The van der Waals surface area contributed by atoms with Gasteiger partial charge in [-0.3, -0.25) is 9.59 Å². The molecule has 0 aliphatic carbocycles. The smallest absolute Gasteiger partial charge is 0.292 e. The van der Waals surface area contributed by atoms with Gasteiger partial charge in [0, 0.05) is 0 Å². The van der Waals surface area contributed by atoms with E-state index >= 15 is 0 Å². The zero-order chi connectivity index (χ0) is 20.8. The molecule has 0 saturated carbocycles. The van der Waals surface area contributed by atoms with Crippen molar-refractivity contribution in [1.82, 2.24) is 4.98 Å². The van der Waals surface area contributed by atoms with Crippen LogP contribution in [0.3, 0.4) is 0 Å². The summed E-state index contributed by atoms with van der Waals surface area (Å²) in [5.41, 5.74) is 3.86. The largest absolute Gasteiger partial charge is 0.337 e. The van der Waals surface area contributed by atoms with Gasteiger partial charge in [-0.1, -0.05) is 41.2 Å². The van der Waals surface area contributed by atoms with E-state index in [9.17, 15) is 9.59 Å². The Morgan fingerprint density at radius 3 is 2.57 bits per heavy atom. The van der Waals surface area contributed by atoms with Crippen molar-refractivity contribution in [2.75, 3.05) is 36.0 Å². The van der Waals surface area contributed by atoms with Gasteiger partial charge in [-0.15, -0.1) is 0 Å². The van der Waals surface area contributed by atoms with E-state index < -0.39 is 0 Å². The quantitative estimate of drug-likeness (QED) is 0.657. The Bertz CT molecular complexity index is 1100. The molecule has 1 atom stereocenters. The summed E-state index contributed by atoms with van der Waals surface area (Å²) in [4.78, 5) is 35.6. The van der Waals surface area contributed by atoms with Crippen LogP contribution >= 0.6 is 11.3 Å². The van der Waals surface area contributed by atoms with Crippen molar-refractivity contribution < 1.29 is 14.5 Å². The highest BCUT2D eigenvalue weighted by Crippen LogP contribution is 2.29. The summed E-state index contributed by atoms with van der Waals surface area (Å²) in [6, 6.07) is 13.8. The summed E-state index contributed by atoms with van der Waals surface area (Å²) in [5.74, 6) is -0.145. The minimum atomic E-state index is -0.282. The second-order valence-corrected chi connectivity index (χ2v) is 9.23. The lowest BCUT2D eigenvalue weighted by Gasteiger charge is -2.34. The van der Waals surface area contributed by atoms with Gasteiger partial charge in [0.2, 0.25) is 5.91 Å². The Balaban J connectivity index is 1.29. The molecule has 1 aromatic heterocycles. The topological polar surface area (TPSA) is 58.0 Å². The van der Waals surface area contributed by atoms with E-state index in [-0.39, 0.29) is 17.9 Å². The Morgan fingerprint density at radius 2 is 1.83 bits per heavy atom. The van der Waals surface area contributed by atoms with Crippen molar-refractivity contribution in [3.05, 3.63) is 53.6 Å². The van der Waals surface area contributed by atoms with Crippen molar-refractivity contribution in [2.24, 2.45) is 0 Å². The first-order valence-electron chi connectivity index (χ1n) is 10.4. The summed E-state index contributed by atoms with van der Waals surface area (Å²) < 4.78 is 1.20. The number of anilines is 2. The molecule has 2 aliphatic rings. The normalized spacial score (nSPS) is 20.5. The number of rotatable bonds is 3. The zero-order valence-electron chi connectivity index (χ0n) is 17.2. The highest BCUT2D eigenvalue weighted by atomic mass is 32.1. The predicted molar refractivity (Wildman–Crippen MR) is 119 cm³/mol. The van der Waals surface area contributed by atoms with E-state index in [1.54, 1.807) is 11.3 Å². The minimum Gasteiger partial charge on any atom is -0.337 e. The third kappa shape index (κ3) is 3.28. The molecule has 3 heterocycles. The molecule has 2 aromatic carbocycles. The minimum absolute atomic E-state index is 0.0598. The maximum atomic E-state index is 13.2. The number of carbonyl (C=O) groups excluding carboxylic acids is 2. The van der Waals surface area contributed by atoms with Gasteiger partial charge < -0.3 is 9.80 Å². The molecule has 154 valence electrons. The van der Waals surface area contributed by atoms with Crippen LogP contribution in [0.4, 0.5) is 10.8 Å². The number of amides is 2. The lowest BCUT2D eigenvalue weighted by atomic mass is 10.1. The third-order valence-electron chi connectivity index (χ3n) is 6.19. The molecule has 7 heteroatoms. The average molecular weight is 422 g/mol. The van der Waals surface area contributed by atoms with Crippen LogP contribution in [-0.2, 0) is 9.59 Å². The first-order valence-corrected chi connectivity index (χ1v) is 11.2. The van der Waals surface area contributed by atoms with Crippen molar-refractivity contribution in [2.45, 2.75) is 26.3 Å². The summed E-state index contributed by atoms with van der Waals surface area (Å²) >= 11 is 1.71. The lowest BCUT2D eigenvalue weighted by Crippen LogP contribution is -3.19. The number of hydrogen-bond donors (Lipinski definition) is 1. The SMILES string of the molecule is Cc1ccc(N2C(=O)C[C@H]([NH+]3CCN(c4nc5ccccc5s4)CC3)C2=O)c(C)c1. The summed E-state index contributed by atoms with van der Waals surface area (Å²) in [6.07, 6.45) is 0.294. The van der Waals surface area contributed by atoms with Gasteiger partial charge in [-0.25, -0.2) is 9.88 Å². The number of nitrogens with one attached hydrogen (secondary N) is 1. The van der Waals surface area contributed by atoms with Gasteiger partial charge >= 0.3 is 0 Å². The number of para-hydroxylation sites is 1. The highest BCUT2D eigenvalue weighted by molar-refractivity contribution is 7.22. The van der Waals surface area contributed by atoms with E-state index in [4.69, 9.17) is 4.98 Å². The molecule has 0 radical (unpaired) electrons. The maximum Gasteiger partial charge on any atom is 0.292 e. The van der Waals surface area contributed by atoms with Crippen molar-refractivity contribution >= 4 is 44.2 Å². The number of benzene rings is 2.